The van der Waals surface area contributed by atoms with Crippen LogP contribution in [0.1, 0.15) is 35.0 Å². The van der Waals surface area contributed by atoms with E-state index in [2.05, 4.69) is 12.2 Å². The summed E-state index contributed by atoms with van der Waals surface area (Å²) in [5.41, 5.74) is 1.50. The van der Waals surface area contributed by atoms with Crippen molar-refractivity contribution in [3.63, 3.8) is 0 Å². The molecule has 1 aliphatic heterocycles. The third kappa shape index (κ3) is 4.11. The van der Waals surface area contributed by atoms with Crippen molar-refractivity contribution in [2.45, 2.75) is 30.9 Å². The maximum absolute atomic E-state index is 12.8. The van der Waals surface area contributed by atoms with Gasteiger partial charge in [-0.3, -0.25) is 4.79 Å². The largest absolute Gasteiger partial charge is 0.321 e. The normalized spacial score (nSPS) is 16.6. The topological polar surface area (TPSA) is 66.5 Å². The summed E-state index contributed by atoms with van der Waals surface area (Å²) < 4.78 is 27.3. The molecule has 1 N–H and O–H groups in total. The molecule has 1 aliphatic rings. The van der Waals surface area contributed by atoms with Gasteiger partial charge >= 0.3 is 0 Å². The highest BCUT2D eigenvalue weighted by Crippen LogP contribution is 2.29. The van der Waals surface area contributed by atoms with Crippen LogP contribution in [-0.4, -0.2) is 31.7 Å². The molecule has 26 heavy (non-hydrogen) atoms. The summed E-state index contributed by atoms with van der Waals surface area (Å²) in [4.78, 5) is 12.8. The van der Waals surface area contributed by atoms with Gasteiger partial charge in [-0.2, -0.15) is 4.31 Å². The Morgan fingerprint density at radius 2 is 1.92 bits per heavy atom. The molecule has 1 amide bonds. The quantitative estimate of drug-likeness (QED) is 0.810. The van der Waals surface area contributed by atoms with Gasteiger partial charge in [-0.15, -0.1) is 11.3 Å². The van der Waals surface area contributed by atoms with Crippen molar-refractivity contribution in [2.75, 3.05) is 18.4 Å². The van der Waals surface area contributed by atoms with Gasteiger partial charge in [-0.05, 0) is 61.6 Å². The molecule has 0 spiro atoms. The van der Waals surface area contributed by atoms with E-state index in [1.165, 1.54) is 10.4 Å². The lowest BCUT2D eigenvalue weighted by molar-refractivity contribution is 0.103. The number of nitrogens with one attached hydrogen (secondary N) is 1. The highest BCUT2D eigenvalue weighted by atomic mass is 35.5. The van der Waals surface area contributed by atoms with Crippen LogP contribution in [0.15, 0.2) is 34.5 Å². The predicted octanol–water partition coefficient (Wildman–Crippen LogP) is 4.38. The van der Waals surface area contributed by atoms with Crippen LogP contribution in [0.4, 0.5) is 5.69 Å². The van der Waals surface area contributed by atoms with Crippen LogP contribution >= 0.6 is 22.9 Å². The molecule has 0 unspecified atom stereocenters. The second kappa shape index (κ2) is 7.68. The number of sulfonamides is 1. The van der Waals surface area contributed by atoms with Gasteiger partial charge in [0, 0.05) is 23.8 Å². The molecule has 0 radical (unpaired) electrons. The van der Waals surface area contributed by atoms with E-state index in [0.717, 1.165) is 29.7 Å². The number of piperidine rings is 1. The zero-order valence-electron chi connectivity index (χ0n) is 14.7. The molecule has 0 atom stereocenters. The van der Waals surface area contributed by atoms with Gasteiger partial charge in [-0.1, -0.05) is 18.5 Å². The van der Waals surface area contributed by atoms with Crippen LogP contribution < -0.4 is 5.32 Å². The maximum atomic E-state index is 12.8. The molecule has 2 heterocycles. The Balaban J connectivity index is 1.75. The number of thiophene rings is 1. The van der Waals surface area contributed by atoms with Crippen LogP contribution in [0, 0.1) is 12.8 Å². The van der Waals surface area contributed by atoms with Crippen molar-refractivity contribution in [2.24, 2.45) is 5.92 Å². The standard InChI is InChI=1S/C18H21ClN2O3S2/c1-12-7-9-21(10-8-12)26(23,24)17-6-5-16(25-17)18(22)20-15-4-3-14(19)11-13(15)2/h3-6,11-12H,7-10H2,1-2H3,(H,20,22). The minimum absolute atomic E-state index is 0.213. The van der Waals surface area contributed by atoms with Crippen LogP contribution in [0.3, 0.4) is 0 Å². The maximum Gasteiger partial charge on any atom is 0.265 e. The lowest BCUT2D eigenvalue weighted by atomic mass is 10.0. The number of nitrogens with zero attached hydrogens (tertiary/aromatic N) is 1. The zero-order valence-corrected chi connectivity index (χ0v) is 17.0. The lowest BCUT2D eigenvalue weighted by Crippen LogP contribution is -2.37. The van der Waals surface area contributed by atoms with Crippen LogP contribution in [0.2, 0.25) is 5.02 Å². The van der Waals surface area contributed by atoms with E-state index in [-0.39, 0.29) is 10.1 Å². The summed E-state index contributed by atoms with van der Waals surface area (Å²) in [5.74, 6) is 0.225. The van der Waals surface area contributed by atoms with Crippen molar-refractivity contribution in [3.05, 3.63) is 45.8 Å². The van der Waals surface area contributed by atoms with Gasteiger partial charge in [0.2, 0.25) is 0 Å². The number of hydrogen-bond donors (Lipinski definition) is 1. The second-order valence-electron chi connectivity index (χ2n) is 6.62. The zero-order chi connectivity index (χ0) is 18.9. The molecule has 5 nitrogen and oxygen atoms in total. The number of aryl methyl sites for hydroxylation is 1. The molecule has 1 aromatic carbocycles. The van der Waals surface area contributed by atoms with Crippen LogP contribution in [0.5, 0.6) is 0 Å². The first kappa shape index (κ1) is 19.4. The minimum Gasteiger partial charge on any atom is -0.321 e. The number of carbonyl (C=O) groups excluding carboxylic acids is 1. The van der Waals surface area contributed by atoms with Gasteiger partial charge < -0.3 is 5.32 Å². The van der Waals surface area contributed by atoms with Crippen molar-refractivity contribution < 1.29 is 13.2 Å². The van der Waals surface area contributed by atoms with Gasteiger partial charge in [0.25, 0.3) is 15.9 Å². The SMILES string of the molecule is Cc1cc(Cl)ccc1NC(=O)c1ccc(S(=O)(=O)N2CCC(C)CC2)s1. The Hall–Kier alpha value is -1.41. The number of amides is 1. The Morgan fingerprint density at radius 3 is 2.58 bits per heavy atom. The third-order valence-electron chi connectivity index (χ3n) is 4.58. The molecular formula is C18H21ClN2O3S2. The molecule has 1 aromatic heterocycles. The van der Waals surface area contributed by atoms with E-state index in [1.54, 1.807) is 24.3 Å². The van der Waals surface area contributed by atoms with Gasteiger partial charge in [0.1, 0.15) is 4.21 Å². The van der Waals surface area contributed by atoms with E-state index in [0.29, 0.717) is 34.6 Å². The lowest BCUT2D eigenvalue weighted by Gasteiger charge is -2.28. The fraction of sp³-hybridized carbons (Fsp3) is 0.389. The van der Waals surface area contributed by atoms with Crippen molar-refractivity contribution in [1.82, 2.24) is 4.31 Å². The first-order valence-electron chi connectivity index (χ1n) is 8.45. The van der Waals surface area contributed by atoms with E-state index < -0.39 is 10.0 Å². The van der Waals surface area contributed by atoms with E-state index in [1.807, 2.05) is 6.92 Å². The number of rotatable bonds is 4. The molecule has 0 saturated carbocycles. The summed E-state index contributed by atoms with van der Waals surface area (Å²) in [7, 11) is -3.53. The van der Waals surface area contributed by atoms with E-state index in [4.69, 9.17) is 11.6 Å². The Labute approximate surface area is 163 Å². The van der Waals surface area contributed by atoms with Crippen molar-refractivity contribution >= 4 is 44.6 Å². The number of halogens is 1. The first-order valence-corrected chi connectivity index (χ1v) is 11.1. The number of benzene rings is 1. The highest BCUT2D eigenvalue weighted by Gasteiger charge is 2.29. The molecule has 140 valence electrons. The monoisotopic (exact) mass is 412 g/mol. The average Bonchev–Trinajstić information content (AvgIpc) is 3.09. The molecule has 8 heteroatoms. The molecule has 1 fully saturated rings. The van der Waals surface area contributed by atoms with Crippen molar-refractivity contribution in [3.8, 4) is 0 Å². The van der Waals surface area contributed by atoms with Crippen LogP contribution in [-0.2, 0) is 10.0 Å². The molecule has 1 saturated heterocycles. The number of anilines is 1. The Kier molecular flexibility index (Phi) is 5.72. The summed E-state index contributed by atoms with van der Waals surface area (Å²) >= 11 is 6.93. The molecular weight excluding hydrogens is 392 g/mol. The number of carbonyl (C=O) groups is 1. The fourth-order valence-corrected chi connectivity index (χ4v) is 5.94. The van der Waals surface area contributed by atoms with Crippen LogP contribution in [0.25, 0.3) is 0 Å². The fourth-order valence-electron chi connectivity index (χ4n) is 2.88. The van der Waals surface area contributed by atoms with Gasteiger partial charge in [0.05, 0.1) is 4.88 Å². The number of hydrogen-bond acceptors (Lipinski definition) is 4. The summed E-state index contributed by atoms with van der Waals surface area (Å²) in [6.45, 7) is 5.05. The van der Waals surface area contributed by atoms with Crippen molar-refractivity contribution in [1.29, 1.82) is 0 Å². The van der Waals surface area contributed by atoms with Gasteiger partial charge in [0.15, 0.2) is 0 Å². The molecule has 0 bridgehead atoms. The molecule has 3 rings (SSSR count). The first-order chi connectivity index (χ1) is 12.3. The predicted molar refractivity (Wildman–Crippen MR) is 106 cm³/mol. The summed E-state index contributed by atoms with van der Waals surface area (Å²) in [5, 5.41) is 3.41. The minimum atomic E-state index is -3.53. The molecule has 2 aromatic rings. The summed E-state index contributed by atoms with van der Waals surface area (Å²) in [6.07, 6.45) is 1.74. The Morgan fingerprint density at radius 1 is 1.23 bits per heavy atom. The average molecular weight is 413 g/mol. The highest BCUT2D eigenvalue weighted by molar-refractivity contribution is 7.91. The summed E-state index contributed by atoms with van der Waals surface area (Å²) in [6, 6.07) is 8.27. The third-order valence-corrected chi connectivity index (χ3v) is 8.26. The van der Waals surface area contributed by atoms with E-state index >= 15 is 0 Å². The Bertz CT molecular complexity index is 916. The smallest absolute Gasteiger partial charge is 0.265 e. The molecule has 0 aliphatic carbocycles. The van der Waals surface area contributed by atoms with Gasteiger partial charge in [-0.25, -0.2) is 8.42 Å². The second-order valence-corrected chi connectivity index (χ2v) is 10.3. The van der Waals surface area contributed by atoms with E-state index in [9.17, 15) is 13.2 Å².